The highest BCUT2D eigenvalue weighted by Gasteiger charge is 2.27. The number of rotatable bonds is 9. The summed E-state index contributed by atoms with van der Waals surface area (Å²) in [4.78, 5) is 23.7. The van der Waals surface area contributed by atoms with Gasteiger partial charge in [-0.15, -0.1) is 11.3 Å². The molecule has 0 fully saturated rings. The molecule has 0 amide bonds. The molecule has 0 spiro atoms. The van der Waals surface area contributed by atoms with E-state index in [1.54, 1.807) is 17.5 Å². The Balaban J connectivity index is 2.45. The number of carboxylic acids is 1. The predicted molar refractivity (Wildman–Crippen MR) is 73.2 cm³/mol. The smallest absolute Gasteiger partial charge is 0.314 e. The van der Waals surface area contributed by atoms with E-state index in [0.717, 1.165) is 25.7 Å². The number of carbonyl (C=O) groups excluding carboxylic acids is 1. The third-order valence-electron chi connectivity index (χ3n) is 2.97. The molecule has 1 aromatic rings. The van der Waals surface area contributed by atoms with Gasteiger partial charge in [-0.1, -0.05) is 45.1 Å². The van der Waals surface area contributed by atoms with Gasteiger partial charge in [-0.2, -0.15) is 0 Å². The zero-order valence-electron chi connectivity index (χ0n) is 10.7. The number of unbranched alkanes of at least 4 members (excludes halogenated alkanes) is 4. The Kier molecular flexibility index (Phi) is 6.65. The molecule has 0 radical (unpaired) electrons. The molecule has 0 bridgehead atoms. The Bertz CT molecular complexity index is 370. The quantitative estimate of drug-likeness (QED) is 0.418. The Morgan fingerprint density at radius 3 is 2.56 bits per heavy atom. The van der Waals surface area contributed by atoms with Crippen molar-refractivity contribution < 1.29 is 14.7 Å². The van der Waals surface area contributed by atoms with Crippen molar-refractivity contribution in [3.05, 3.63) is 22.4 Å². The summed E-state index contributed by atoms with van der Waals surface area (Å²) in [6, 6.07) is 3.47. The van der Waals surface area contributed by atoms with Crippen molar-refractivity contribution in [1.29, 1.82) is 0 Å². The van der Waals surface area contributed by atoms with Crippen LogP contribution in [0.1, 0.15) is 55.1 Å². The van der Waals surface area contributed by atoms with Gasteiger partial charge in [0.25, 0.3) is 0 Å². The van der Waals surface area contributed by atoms with Gasteiger partial charge in [0.2, 0.25) is 0 Å². The first-order chi connectivity index (χ1) is 8.66. The third kappa shape index (κ3) is 4.61. The molecule has 0 saturated heterocycles. The average Bonchev–Trinajstić information content (AvgIpc) is 2.86. The lowest BCUT2D eigenvalue weighted by atomic mass is 9.95. The molecular weight excluding hydrogens is 248 g/mol. The highest BCUT2D eigenvalue weighted by molar-refractivity contribution is 7.12. The molecule has 0 aliphatic rings. The molecule has 1 rings (SSSR count). The molecule has 4 heteroatoms. The van der Waals surface area contributed by atoms with Gasteiger partial charge in [-0.3, -0.25) is 9.59 Å². The molecule has 1 aromatic heterocycles. The van der Waals surface area contributed by atoms with Gasteiger partial charge in [0.05, 0.1) is 4.88 Å². The maximum atomic E-state index is 12.0. The molecule has 0 aromatic carbocycles. The lowest BCUT2D eigenvalue weighted by molar-refractivity contribution is -0.140. The lowest BCUT2D eigenvalue weighted by Crippen LogP contribution is -2.23. The van der Waals surface area contributed by atoms with E-state index in [1.165, 1.54) is 17.8 Å². The highest BCUT2D eigenvalue weighted by atomic mass is 32.1. The molecule has 1 N–H and O–H groups in total. The molecule has 18 heavy (non-hydrogen) atoms. The van der Waals surface area contributed by atoms with Crippen molar-refractivity contribution in [2.45, 2.75) is 45.4 Å². The predicted octanol–water partition coefficient (Wildman–Crippen LogP) is 3.99. The van der Waals surface area contributed by atoms with Crippen molar-refractivity contribution in [3.63, 3.8) is 0 Å². The summed E-state index contributed by atoms with van der Waals surface area (Å²) < 4.78 is 0. The number of hydrogen-bond donors (Lipinski definition) is 1. The first kappa shape index (κ1) is 14.9. The summed E-state index contributed by atoms with van der Waals surface area (Å²) in [6.07, 6.45) is 5.74. The van der Waals surface area contributed by atoms with E-state index in [0.29, 0.717) is 11.3 Å². The second kappa shape index (κ2) is 8.03. The lowest BCUT2D eigenvalue weighted by Gasteiger charge is -2.09. The number of Topliss-reactive ketones (excluding diaryl/α,β-unsaturated/α-hetero) is 1. The van der Waals surface area contributed by atoms with Gasteiger partial charge in [0.1, 0.15) is 5.92 Å². The maximum Gasteiger partial charge on any atom is 0.314 e. The molecule has 0 aliphatic heterocycles. The van der Waals surface area contributed by atoms with Gasteiger partial charge < -0.3 is 5.11 Å². The molecule has 100 valence electrons. The zero-order chi connectivity index (χ0) is 13.4. The third-order valence-corrected chi connectivity index (χ3v) is 3.86. The number of ketones is 1. The van der Waals surface area contributed by atoms with Crippen LogP contribution in [0.15, 0.2) is 17.5 Å². The Hall–Kier alpha value is -1.16. The normalized spacial score (nSPS) is 12.3. The summed E-state index contributed by atoms with van der Waals surface area (Å²) in [5, 5.41) is 10.9. The van der Waals surface area contributed by atoms with Gasteiger partial charge in [-0.05, 0) is 17.9 Å². The molecule has 1 atom stereocenters. The second-order valence-electron chi connectivity index (χ2n) is 4.44. The molecule has 3 nitrogen and oxygen atoms in total. The number of aliphatic carboxylic acids is 1. The zero-order valence-corrected chi connectivity index (χ0v) is 11.5. The minimum atomic E-state index is -0.996. The number of hydrogen-bond acceptors (Lipinski definition) is 3. The van der Waals surface area contributed by atoms with E-state index in [9.17, 15) is 9.59 Å². The largest absolute Gasteiger partial charge is 0.481 e. The van der Waals surface area contributed by atoms with Crippen LogP contribution >= 0.6 is 11.3 Å². The van der Waals surface area contributed by atoms with Crippen molar-refractivity contribution in [3.8, 4) is 0 Å². The topological polar surface area (TPSA) is 54.4 Å². The monoisotopic (exact) mass is 268 g/mol. The summed E-state index contributed by atoms with van der Waals surface area (Å²) in [6.45, 7) is 2.14. The van der Waals surface area contributed by atoms with Crippen LogP contribution in [0.5, 0.6) is 0 Å². The van der Waals surface area contributed by atoms with Crippen LogP contribution < -0.4 is 0 Å². The fraction of sp³-hybridized carbons (Fsp3) is 0.571. The van der Waals surface area contributed by atoms with E-state index in [2.05, 4.69) is 6.92 Å². The Morgan fingerprint density at radius 2 is 2.00 bits per heavy atom. The van der Waals surface area contributed by atoms with Gasteiger partial charge in [-0.25, -0.2) is 0 Å². The van der Waals surface area contributed by atoms with Gasteiger partial charge in [0.15, 0.2) is 5.78 Å². The van der Waals surface area contributed by atoms with Crippen LogP contribution in [0.2, 0.25) is 0 Å². The van der Waals surface area contributed by atoms with Crippen LogP contribution in [0, 0.1) is 5.92 Å². The minimum Gasteiger partial charge on any atom is -0.481 e. The van der Waals surface area contributed by atoms with Crippen LogP contribution in [-0.4, -0.2) is 16.9 Å². The summed E-state index contributed by atoms with van der Waals surface area (Å²) in [5.41, 5.74) is 0. The highest BCUT2D eigenvalue weighted by Crippen LogP contribution is 2.20. The van der Waals surface area contributed by atoms with E-state index in [4.69, 9.17) is 5.11 Å². The van der Waals surface area contributed by atoms with Crippen molar-refractivity contribution in [2.24, 2.45) is 5.92 Å². The van der Waals surface area contributed by atoms with Crippen LogP contribution in [-0.2, 0) is 4.79 Å². The summed E-state index contributed by atoms with van der Waals surface area (Å²) in [5.74, 6) is -2.11. The first-order valence-electron chi connectivity index (χ1n) is 6.47. The van der Waals surface area contributed by atoms with Crippen molar-refractivity contribution in [1.82, 2.24) is 0 Å². The van der Waals surface area contributed by atoms with Crippen LogP contribution in [0.25, 0.3) is 0 Å². The molecular formula is C14H20O3S. The number of carboxylic acid groups (broad SMARTS) is 1. The molecule has 0 aliphatic carbocycles. The van der Waals surface area contributed by atoms with Crippen LogP contribution in [0.4, 0.5) is 0 Å². The van der Waals surface area contributed by atoms with Crippen molar-refractivity contribution >= 4 is 23.1 Å². The summed E-state index contributed by atoms with van der Waals surface area (Å²) >= 11 is 1.31. The minimum absolute atomic E-state index is 0.243. The maximum absolute atomic E-state index is 12.0. The fourth-order valence-corrected chi connectivity index (χ4v) is 2.63. The van der Waals surface area contributed by atoms with E-state index in [-0.39, 0.29) is 5.78 Å². The van der Waals surface area contributed by atoms with Gasteiger partial charge in [0, 0.05) is 0 Å². The first-order valence-corrected chi connectivity index (χ1v) is 7.35. The van der Waals surface area contributed by atoms with E-state index in [1.807, 2.05) is 0 Å². The standard InChI is InChI=1S/C14H20O3S/c1-2-3-4-5-6-8-11(14(16)17)13(15)12-9-7-10-18-12/h7,9-11H,2-6,8H2,1H3,(H,16,17). The molecule has 1 heterocycles. The average molecular weight is 268 g/mol. The van der Waals surface area contributed by atoms with Crippen LogP contribution in [0.3, 0.4) is 0 Å². The Morgan fingerprint density at radius 1 is 1.28 bits per heavy atom. The van der Waals surface area contributed by atoms with Gasteiger partial charge >= 0.3 is 5.97 Å². The molecule has 0 saturated carbocycles. The molecule has 1 unspecified atom stereocenters. The second-order valence-corrected chi connectivity index (χ2v) is 5.38. The van der Waals surface area contributed by atoms with Crippen molar-refractivity contribution in [2.75, 3.05) is 0 Å². The summed E-state index contributed by atoms with van der Waals surface area (Å²) in [7, 11) is 0. The van der Waals surface area contributed by atoms with E-state index >= 15 is 0 Å². The van der Waals surface area contributed by atoms with E-state index < -0.39 is 11.9 Å². The number of carbonyl (C=O) groups is 2. The SMILES string of the molecule is CCCCCCCC(C(=O)O)C(=O)c1cccs1. The Labute approximate surface area is 112 Å². The fourth-order valence-electron chi connectivity index (χ4n) is 1.91. The number of thiophene rings is 1.